The Kier molecular flexibility index (Phi) is 5.25. The summed E-state index contributed by atoms with van der Waals surface area (Å²) < 4.78 is 29.0. The van der Waals surface area contributed by atoms with E-state index in [1.807, 2.05) is 0 Å². The van der Waals surface area contributed by atoms with Crippen molar-refractivity contribution in [2.45, 2.75) is 37.1 Å². The molecule has 1 N–H and O–H groups in total. The Labute approximate surface area is 136 Å². The van der Waals surface area contributed by atoms with Crippen molar-refractivity contribution < 1.29 is 8.42 Å². The average molecular weight is 430 g/mol. The summed E-state index contributed by atoms with van der Waals surface area (Å²) >= 11 is 6.67. The van der Waals surface area contributed by atoms with Crippen LogP contribution in [0.1, 0.15) is 32.1 Å². The van der Waals surface area contributed by atoms with Crippen LogP contribution >= 0.6 is 31.9 Å². The van der Waals surface area contributed by atoms with E-state index in [1.54, 1.807) is 7.05 Å². The number of hydrogen-bond acceptors (Lipinski definition) is 4. The van der Waals surface area contributed by atoms with Crippen LogP contribution < -0.4 is 4.72 Å². The molecule has 0 unspecified atom stereocenters. The summed E-state index contributed by atoms with van der Waals surface area (Å²) in [7, 11) is -2.04. The van der Waals surface area contributed by atoms with Crippen LogP contribution in [0.2, 0.25) is 0 Å². The number of hydrogen-bond donors (Lipinski definition) is 1. The maximum absolute atomic E-state index is 12.4. The molecule has 0 atom stereocenters. The fourth-order valence-corrected chi connectivity index (χ4v) is 5.59. The SMILES string of the molecule is Cn1nnc(Br)c1S(=O)(=O)NCC1(CBr)CCCCC1. The lowest BCUT2D eigenvalue weighted by Crippen LogP contribution is -2.40. The molecule has 0 radical (unpaired) electrons. The third-order valence-electron chi connectivity index (χ3n) is 3.83. The van der Waals surface area contributed by atoms with Gasteiger partial charge in [-0.1, -0.05) is 40.4 Å². The van der Waals surface area contributed by atoms with Gasteiger partial charge in [0.05, 0.1) is 0 Å². The molecule has 0 spiro atoms. The van der Waals surface area contributed by atoms with Crippen LogP contribution in [0.3, 0.4) is 0 Å². The average Bonchev–Trinajstić information content (AvgIpc) is 2.78. The Hall–Kier alpha value is 0.01000. The summed E-state index contributed by atoms with van der Waals surface area (Å²) in [4.78, 5) is 0. The smallest absolute Gasteiger partial charge is 0.235 e. The zero-order chi connectivity index (χ0) is 14.8. The minimum Gasteiger partial charge on any atom is -0.235 e. The molecule has 9 heteroatoms. The third kappa shape index (κ3) is 3.42. The lowest BCUT2D eigenvalue weighted by Gasteiger charge is -2.35. The normalized spacial score (nSPS) is 19.1. The van der Waals surface area contributed by atoms with E-state index in [9.17, 15) is 8.42 Å². The molecule has 0 amide bonds. The largest absolute Gasteiger partial charge is 0.260 e. The van der Waals surface area contributed by atoms with Crippen LogP contribution in [-0.4, -0.2) is 35.3 Å². The molecule has 1 aliphatic carbocycles. The summed E-state index contributed by atoms with van der Waals surface area (Å²) in [6, 6.07) is 0. The maximum atomic E-state index is 12.4. The highest BCUT2D eigenvalue weighted by Crippen LogP contribution is 2.37. The van der Waals surface area contributed by atoms with Crippen molar-refractivity contribution in [3.8, 4) is 0 Å². The third-order valence-corrected chi connectivity index (χ3v) is 7.30. The van der Waals surface area contributed by atoms with Gasteiger partial charge in [0.15, 0.2) is 4.60 Å². The van der Waals surface area contributed by atoms with E-state index in [1.165, 1.54) is 11.1 Å². The Morgan fingerprint density at radius 3 is 2.50 bits per heavy atom. The van der Waals surface area contributed by atoms with E-state index in [0.717, 1.165) is 31.0 Å². The second kappa shape index (κ2) is 6.41. The lowest BCUT2D eigenvalue weighted by molar-refractivity contribution is 0.227. The van der Waals surface area contributed by atoms with Gasteiger partial charge in [0, 0.05) is 18.9 Å². The summed E-state index contributed by atoms with van der Waals surface area (Å²) in [5.41, 5.74) is 0.0177. The van der Waals surface area contributed by atoms with Gasteiger partial charge in [0.2, 0.25) is 5.03 Å². The quantitative estimate of drug-likeness (QED) is 0.727. The van der Waals surface area contributed by atoms with Gasteiger partial charge in [-0.2, -0.15) is 0 Å². The molecule has 0 aromatic carbocycles. The molecule has 0 bridgehead atoms. The molecular weight excluding hydrogens is 412 g/mol. The summed E-state index contributed by atoms with van der Waals surface area (Å²) in [6.07, 6.45) is 5.64. The second-order valence-corrected chi connectivity index (χ2v) is 8.32. The van der Waals surface area contributed by atoms with Crippen LogP contribution in [0.25, 0.3) is 0 Å². The molecule has 6 nitrogen and oxygen atoms in total. The molecular formula is C11H18Br2N4O2S. The van der Waals surface area contributed by atoms with Gasteiger partial charge >= 0.3 is 0 Å². The highest BCUT2D eigenvalue weighted by Gasteiger charge is 2.33. The van der Waals surface area contributed by atoms with E-state index < -0.39 is 10.0 Å². The molecule has 1 heterocycles. The molecule has 0 aliphatic heterocycles. The first-order chi connectivity index (χ1) is 9.40. The fraction of sp³-hybridized carbons (Fsp3) is 0.818. The zero-order valence-electron chi connectivity index (χ0n) is 11.3. The van der Waals surface area contributed by atoms with E-state index in [0.29, 0.717) is 6.54 Å². The highest BCUT2D eigenvalue weighted by molar-refractivity contribution is 9.10. The number of nitrogens with one attached hydrogen (secondary N) is 1. The zero-order valence-corrected chi connectivity index (χ0v) is 15.3. The Bertz CT molecular complexity index is 547. The van der Waals surface area contributed by atoms with Crippen LogP contribution in [0.5, 0.6) is 0 Å². The predicted molar refractivity (Wildman–Crippen MR) is 83.2 cm³/mol. The van der Waals surface area contributed by atoms with Crippen LogP contribution in [-0.2, 0) is 17.1 Å². The van der Waals surface area contributed by atoms with Crippen LogP contribution in [0.15, 0.2) is 9.63 Å². The summed E-state index contributed by atoms with van der Waals surface area (Å²) in [5, 5.41) is 8.30. The number of nitrogens with zero attached hydrogens (tertiary/aromatic N) is 3. The molecule has 1 aliphatic rings. The van der Waals surface area contributed by atoms with Crippen molar-refractivity contribution in [1.82, 2.24) is 19.7 Å². The number of aryl methyl sites for hydroxylation is 1. The molecule has 114 valence electrons. The van der Waals surface area contributed by atoms with Crippen molar-refractivity contribution in [3.05, 3.63) is 4.60 Å². The van der Waals surface area contributed by atoms with Gasteiger partial charge in [-0.15, -0.1) is 5.10 Å². The molecule has 20 heavy (non-hydrogen) atoms. The Morgan fingerprint density at radius 1 is 1.35 bits per heavy atom. The molecule has 1 saturated carbocycles. The number of sulfonamides is 1. The maximum Gasteiger partial charge on any atom is 0.260 e. The number of aromatic nitrogens is 3. The minimum atomic E-state index is -3.61. The first-order valence-electron chi connectivity index (χ1n) is 6.51. The highest BCUT2D eigenvalue weighted by atomic mass is 79.9. The van der Waals surface area contributed by atoms with Gasteiger partial charge in [-0.25, -0.2) is 17.8 Å². The van der Waals surface area contributed by atoms with Gasteiger partial charge in [-0.3, -0.25) is 0 Å². The van der Waals surface area contributed by atoms with Crippen molar-refractivity contribution in [3.63, 3.8) is 0 Å². The standard InChI is InChI=1S/C11H18Br2N4O2S/c1-17-10(9(13)15-16-17)20(18,19)14-8-11(7-12)5-3-2-4-6-11/h14H,2-8H2,1H3. The molecule has 1 fully saturated rings. The molecule has 2 rings (SSSR count). The van der Waals surface area contributed by atoms with E-state index in [2.05, 4.69) is 46.9 Å². The Balaban J connectivity index is 2.13. The minimum absolute atomic E-state index is 0.0177. The predicted octanol–water partition coefficient (Wildman–Crippen LogP) is 2.20. The van der Waals surface area contributed by atoms with E-state index in [-0.39, 0.29) is 15.0 Å². The first-order valence-corrected chi connectivity index (χ1v) is 9.91. The first kappa shape index (κ1) is 16.4. The van der Waals surface area contributed by atoms with Gasteiger partial charge < -0.3 is 0 Å². The van der Waals surface area contributed by atoms with Crippen molar-refractivity contribution in [2.24, 2.45) is 12.5 Å². The molecule has 0 saturated heterocycles. The number of alkyl halides is 1. The van der Waals surface area contributed by atoms with E-state index in [4.69, 9.17) is 0 Å². The number of halogens is 2. The summed E-state index contributed by atoms with van der Waals surface area (Å²) in [5.74, 6) is 0. The van der Waals surface area contributed by atoms with E-state index >= 15 is 0 Å². The second-order valence-electron chi connectivity index (χ2n) is 5.33. The van der Waals surface area contributed by atoms with Crippen molar-refractivity contribution in [2.75, 3.05) is 11.9 Å². The topological polar surface area (TPSA) is 76.9 Å². The lowest BCUT2D eigenvalue weighted by atomic mass is 9.76. The monoisotopic (exact) mass is 428 g/mol. The van der Waals surface area contributed by atoms with Crippen molar-refractivity contribution >= 4 is 41.9 Å². The summed E-state index contributed by atoms with van der Waals surface area (Å²) in [6.45, 7) is 0.443. The van der Waals surface area contributed by atoms with Gasteiger partial charge in [0.25, 0.3) is 10.0 Å². The number of rotatable bonds is 5. The van der Waals surface area contributed by atoms with Gasteiger partial charge in [-0.05, 0) is 34.2 Å². The van der Waals surface area contributed by atoms with Crippen LogP contribution in [0.4, 0.5) is 0 Å². The molecule has 1 aromatic rings. The molecule has 1 aromatic heterocycles. The van der Waals surface area contributed by atoms with Crippen LogP contribution in [0, 0.1) is 5.41 Å². The van der Waals surface area contributed by atoms with Gasteiger partial charge in [0.1, 0.15) is 0 Å². The fourth-order valence-electron chi connectivity index (χ4n) is 2.58. The van der Waals surface area contributed by atoms with Crippen molar-refractivity contribution in [1.29, 1.82) is 0 Å². The Morgan fingerprint density at radius 2 is 2.00 bits per heavy atom.